The molecule has 0 aliphatic rings. The van der Waals surface area contributed by atoms with E-state index in [0.717, 1.165) is 0 Å². The number of halogens is 2. The van der Waals surface area contributed by atoms with Gasteiger partial charge in [-0.25, -0.2) is 8.78 Å². The number of likely N-dealkylation sites (N-methyl/N-ethyl adjacent to an activating group) is 1. The van der Waals surface area contributed by atoms with Crippen molar-refractivity contribution in [3.8, 4) is 0 Å². The van der Waals surface area contributed by atoms with Gasteiger partial charge < -0.3 is 4.90 Å². The number of ketones is 1. The Morgan fingerprint density at radius 1 is 1.05 bits per heavy atom. The van der Waals surface area contributed by atoms with Crippen molar-refractivity contribution in [3.05, 3.63) is 65.7 Å². The van der Waals surface area contributed by atoms with Gasteiger partial charge in [-0.1, -0.05) is 6.07 Å². The fourth-order valence-corrected chi connectivity index (χ4v) is 1.96. The van der Waals surface area contributed by atoms with Crippen LogP contribution >= 0.6 is 0 Å². The Kier molecular flexibility index (Phi) is 4.45. The number of Topliss-reactive ketones (excluding diaryl/α,β-unsaturated/α-hetero) is 1. The minimum atomic E-state index is -0.376. The number of carbonyl (C=O) groups is 1. The zero-order chi connectivity index (χ0) is 14.5. The molecule has 0 N–H and O–H groups in total. The lowest BCUT2D eigenvalue weighted by Gasteiger charge is -2.22. The fourth-order valence-electron chi connectivity index (χ4n) is 1.96. The largest absolute Gasteiger partial charge is 0.364 e. The predicted octanol–water partition coefficient (Wildman–Crippen LogP) is 3.67. The van der Waals surface area contributed by atoms with Crippen LogP contribution in [0.2, 0.25) is 0 Å². The number of rotatable bonds is 5. The van der Waals surface area contributed by atoms with E-state index in [1.54, 1.807) is 17.0 Å². The summed E-state index contributed by atoms with van der Waals surface area (Å²) >= 11 is 0. The number of anilines is 1. The van der Waals surface area contributed by atoms with Gasteiger partial charge in [0.25, 0.3) is 0 Å². The first kappa shape index (κ1) is 14.2. The molecule has 2 rings (SSSR count). The molecular formula is C16H15F2NO. The van der Waals surface area contributed by atoms with Crippen molar-refractivity contribution in [2.75, 3.05) is 18.0 Å². The normalized spacial score (nSPS) is 10.3. The van der Waals surface area contributed by atoms with Gasteiger partial charge in [-0.15, -0.1) is 0 Å². The molecule has 0 saturated heterocycles. The van der Waals surface area contributed by atoms with E-state index in [4.69, 9.17) is 0 Å². The topological polar surface area (TPSA) is 20.3 Å². The molecule has 2 nitrogen and oxygen atoms in total. The Morgan fingerprint density at radius 2 is 1.75 bits per heavy atom. The zero-order valence-electron chi connectivity index (χ0n) is 11.1. The standard InChI is InChI=1S/C16H15F2NO/c1-2-19(15-5-3-4-14(18)10-15)11-16(20)12-6-8-13(17)9-7-12/h3-10H,2,11H2,1H3. The molecular weight excluding hydrogens is 260 g/mol. The summed E-state index contributed by atoms with van der Waals surface area (Å²) in [4.78, 5) is 13.9. The molecule has 0 bridgehead atoms. The van der Waals surface area contributed by atoms with Crippen LogP contribution in [0.4, 0.5) is 14.5 Å². The molecule has 0 spiro atoms. The average Bonchev–Trinajstić information content (AvgIpc) is 2.45. The van der Waals surface area contributed by atoms with Crippen LogP contribution in [0.3, 0.4) is 0 Å². The van der Waals surface area contributed by atoms with Gasteiger partial charge in [0.1, 0.15) is 11.6 Å². The minimum absolute atomic E-state index is 0.129. The maximum atomic E-state index is 13.2. The lowest BCUT2D eigenvalue weighted by Crippen LogP contribution is -2.29. The Bertz CT molecular complexity index is 596. The van der Waals surface area contributed by atoms with Crippen LogP contribution in [0.1, 0.15) is 17.3 Å². The molecule has 0 amide bonds. The summed E-state index contributed by atoms with van der Waals surface area (Å²) in [6, 6.07) is 11.5. The Hall–Kier alpha value is -2.23. The maximum absolute atomic E-state index is 13.2. The number of hydrogen-bond donors (Lipinski definition) is 0. The van der Waals surface area contributed by atoms with Gasteiger partial charge in [-0.2, -0.15) is 0 Å². The average molecular weight is 275 g/mol. The molecule has 0 atom stereocenters. The molecule has 0 fully saturated rings. The second kappa shape index (κ2) is 6.28. The molecule has 0 aliphatic heterocycles. The lowest BCUT2D eigenvalue weighted by atomic mass is 10.1. The van der Waals surface area contributed by atoms with Crippen LogP contribution in [-0.4, -0.2) is 18.9 Å². The summed E-state index contributed by atoms with van der Waals surface area (Å²) in [6.07, 6.45) is 0. The quantitative estimate of drug-likeness (QED) is 0.776. The van der Waals surface area contributed by atoms with Crippen molar-refractivity contribution in [3.63, 3.8) is 0 Å². The maximum Gasteiger partial charge on any atom is 0.182 e. The third-order valence-corrected chi connectivity index (χ3v) is 3.06. The van der Waals surface area contributed by atoms with Crippen LogP contribution in [-0.2, 0) is 0 Å². The molecule has 104 valence electrons. The summed E-state index contributed by atoms with van der Waals surface area (Å²) in [5.41, 5.74) is 1.10. The summed E-state index contributed by atoms with van der Waals surface area (Å²) < 4.78 is 26.0. The van der Waals surface area contributed by atoms with Crippen LogP contribution in [0.25, 0.3) is 0 Å². The minimum Gasteiger partial charge on any atom is -0.364 e. The van der Waals surface area contributed by atoms with Gasteiger partial charge in [-0.05, 0) is 49.4 Å². The molecule has 2 aromatic carbocycles. The van der Waals surface area contributed by atoms with Crippen molar-refractivity contribution < 1.29 is 13.6 Å². The molecule has 20 heavy (non-hydrogen) atoms. The van der Waals surface area contributed by atoms with Crippen LogP contribution in [0.5, 0.6) is 0 Å². The highest BCUT2D eigenvalue weighted by atomic mass is 19.1. The van der Waals surface area contributed by atoms with Gasteiger partial charge in [0.15, 0.2) is 5.78 Å². The molecule has 2 aromatic rings. The number of benzene rings is 2. The molecule has 4 heteroatoms. The Labute approximate surface area is 116 Å². The molecule has 0 radical (unpaired) electrons. The van der Waals surface area contributed by atoms with Crippen LogP contribution in [0, 0.1) is 11.6 Å². The van der Waals surface area contributed by atoms with Gasteiger partial charge in [0.05, 0.1) is 6.54 Å². The van der Waals surface area contributed by atoms with Crippen molar-refractivity contribution in [2.45, 2.75) is 6.92 Å². The second-order valence-corrected chi connectivity index (χ2v) is 4.42. The predicted molar refractivity (Wildman–Crippen MR) is 75.0 cm³/mol. The van der Waals surface area contributed by atoms with E-state index in [2.05, 4.69) is 0 Å². The monoisotopic (exact) mass is 275 g/mol. The van der Waals surface area contributed by atoms with Gasteiger partial charge in [0, 0.05) is 17.8 Å². The molecule has 0 unspecified atom stereocenters. The highest BCUT2D eigenvalue weighted by molar-refractivity contribution is 5.99. The first-order valence-corrected chi connectivity index (χ1v) is 6.39. The van der Waals surface area contributed by atoms with E-state index in [1.165, 1.54) is 36.4 Å². The number of nitrogens with zero attached hydrogens (tertiary/aromatic N) is 1. The molecule has 0 aliphatic carbocycles. The SMILES string of the molecule is CCN(CC(=O)c1ccc(F)cc1)c1cccc(F)c1. The second-order valence-electron chi connectivity index (χ2n) is 4.42. The van der Waals surface area contributed by atoms with E-state index in [0.29, 0.717) is 17.8 Å². The van der Waals surface area contributed by atoms with E-state index in [-0.39, 0.29) is 24.0 Å². The van der Waals surface area contributed by atoms with Crippen LogP contribution < -0.4 is 4.90 Å². The summed E-state index contributed by atoms with van der Waals surface area (Å²) in [5.74, 6) is -0.842. The van der Waals surface area contributed by atoms with Gasteiger partial charge in [-0.3, -0.25) is 4.79 Å². The smallest absolute Gasteiger partial charge is 0.182 e. The van der Waals surface area contributed by atoms with Gasteiger partial charge in [0.2, 0.25) is 0 Å². The fraction of sp³-hybridized carbons (Fsp3) is 0.188. The summed E-state index contributed by atoms with van der Waals surface area (Å²) in [6.45, 7) is 2.60. The van der Waals surface area contributed by atoms with Crippen molar-refractivity contribution in [1.29, 1.82) is 0 Å². The first-order valence-electron chi connectivity index (χ1n) is 6.39. The van der Waals surface area contributed by atoms with E-state index >= 15 is 0 Å². The van der Waals surface area contributed by atoms with E-state index in [1.807, 2.05) is 6.92 Å². The van der Waals surface area contributed by atoms with Crippen molar-refractivity contribution in [2.24, 2.45) is 0 Å². The zero-order valence-corrected chi connectivity index (χ0v) is 11.1. The Morgan fingerprint density at radius 3 is 2.35 bits per heavy atom. The highest BCUT2D eigenvalue weighted by Gasteiger charge is 2.12. The highest BCUT2D eigenvalue weighted by Crippen LogP contribution is 2.16. The Balaban J connectivity index is 2.14. The molecule has 0 saturated carbocycles. The number of carbonyl (C=O) groups excluding carboxylic acids is 1. The molecule has 0 heterocycles. The molecule has 0 aromatic heterocycles. The third-order valence-electron chi connectivity index (χ3n) is 3.06. The van der Waals surface area contributed by atoms with E-state index in [9.17, 15) is 13.6 Å². The van der Waals surface area contributed by atoms with Crippen LogP contribution in [0.15, 0.2) is 48.5 Å². The lowest BCUT2D eigenvalue weighted by molar-refractivity contribution is 0.0999. The summed E-state index contributed by atoms with van der Waals surface area (Å²) in [5, 5.41) is 0. The first-order chi connectivity index (χ1) is 9.60. The third kappa shape index (κ3) is 3.41. The van der Waals surface area contributed by atoms with Crippen molar-refractivity contribution in [1.82, 2.24) is 0 Å². The summed E-state index contributed by atoms with van der Waals surface area (Å²) in [7, 11) is 0. The van der Waals surface area contributed by atoms with E-state index < -0.39 is 0 Å². The van der Waals surface area contributed by atoms with Gasteiger partial charge >= 0.3 is 0 Å². The number of hydrogen-bond acceptors (Lipinski definition) is 2. The van der Waals surface area contributed by atoms with Crippen molar-refractivity contribution >= 4 is 11.5 Å².